The van der Waals surface area contributed by atoms with E-state index in [0.29, 0.717) is 12.8 Å². The number of piperidine rings is 2. The molecule has 2 aliphatic rings. The van der Waals surface area contributed by atoms with Crippen molar-refractivity contribution in [2.45, 2.75) is 62.9 Å². The van der Waals surface area contributed by atoms with Crippen molar-refractivity contribution in [2.75, 3.05) is 7.11 Å². The predicted molar refractivity (Wildman–Crippen MR) is 117 cm³/mol. The highest BCUT2D eigenvalue weighted by molar-refractivity contribution is 5.86. The van der Waals surface area contributed by atoms with Gasteiger partial charge < -0.3 is 14.8 Å². The Morgan fingerprint density at radius 3 is 2.13 bits per heavy atom. The zero-order chi connectivity index (χ0) is 21.7. The summed E-state index contributed by atoms with van der Waals surface area (Å²) in [5, 5.41) is 2.90. The lowest BCUT2D eigenvalue weighted by atomic mass is 9.73. The number of hydrogen-bond acceptors (Lipinski definition) is 5. The van der Waals surface area contributed by atoms with Gasteiger partial charge in [-0.1, -0.05) is 67.1 Å². The fourth-order valence-corrected chi connectivity index (χ4v) is 5.07. The lowest BCUT2D eigenvalue weighted by molar-refractivity contribution is -0.154. The van der Waals surface area contributed by atoms with Crippen molar-refractivity contribution in [1.29, 1.82) is 0 Å². The molecular weight excluding hydrogens is 392 g/mol. The van der Waals surface area contributed by atoms with Crippen LogP contribution in [0.25, 0.3) is 0 Å². The van der Waals surface area contributed by atoms with E-state index in [4.69, 9.17) is 9.47 Å². The normalized spacial score (nSPS) is 25.5. The first-order chi connectivity index (χ1) is 15.1. The van der Waals surface area contributed by atoms with Crippen LogP contribution in [0.3, 0.4) is 0 Å². The molecule has 1 amide bonds. The molecule has 2 unspecified atom stereocenters. The molecule has 2 atom stereocenters. The Hall–Kier alpha value is -2.86. The largest absolute Gasteiger partial charge is 0.467 e. The number of esters is 1. The van der Waals surface area contributed by atoms with Crippen molar-refractivity contribution in [1.82, 2.24) is 10.2 Å². The number of alkyl carbamates (subject to hydrolysis) is 1. The van der Waals surface area contributed by atoms with Crippen molar-refractivity contribution in [2.24, 2.45) is 0 Å². The van der Waals surface area contributed by atoms with E-state index < -0.39 is 11.6 Å². The number of ether oxygens (including phenoxy) is 2. The van der Waals surface area contributed by atoms with Gasteiger partial charge in [0.05, 0.1) is 7.11 Å². The standard InChI is InChI=1S/C25H30N2O4/c1-30-23(28)25(26-24(29)31-18-20-11-6-3-7-12-20)15-21-13-8-14-22(16-25)27(21)17-19-9-4-2-5-10-19/h2-7,9-12,21-22H,8,13-18H2,1H3,(H,26,29). The van der Waals surface area contributed by atoms with Crippen molar-refractivity contribution in [3.05, 3.63) is 71.8 Å². The van der Waals surface area contributed by atoms with Crippen LogP contribution >= 0.6 is 0 Å². The van der Waals surface area contributed by atoms with Gasteiger partial charge in [-0.25, -0.2) is 9.59 Å². The molecule has 0 radical (unpaired) electrons. The predicted octanol–water partition coefficient (Wildman–Crippen LogP) is 4.04. The minimum Gasteiger partial charge on any atom is -0.467 e. The molecule has 1 N–H and O–H groups in total. The fourth-order valence-electron chi connectivity index (χ4n) is 5.07. The van der Waals surface area contributed by atoms with E-state index >= 15 is 0 Å². The van der Waals surface area contributed by atoms with Crippen LogP contribution in [0.5, 0.6) is 0 Å². The zero-order valence-corrected chi connectivity index (χ0v) is 18.0. The summed E-state index contributed by atoms with van der Waals surface area (Å²) in [6, 6.07) is 20.3. The zero-order valence-electron chi connectivity index (χ0n) is 18.0. The van der Waals surface area contributed by atoms with Crippen LogP contribution < -0.4 is 5.32 Å². The molecular formula is C25H30N2O4. The van der Waals surface area contributed by atoms with E-state index in [1.165, 1.54) is 12.7 Å². The van der Waals surface area contributed by atoms with E-state index in [-0.39, 0.29) is 24.7 Å². The lowest BCUT2D eigenvalue weighted by Crippen LogP contribution is -2.66. The monoisotopic (exact) mass is 422 g/mol. The quantitative estimate of drug-likeness (QED) is 0.712. The number of nitrogens with zero attached hydrogens (tertiary/aromatic N) is 1. The maximum absolute atomic E-state index is 12.9. The molecule has 2 fully saturated rings. The third-order valence-corrected chi connectivity index (χ3v) is 6.52. The summed E-state index contributed by atoms with van der Waals surface area (Å²) in [4.78, 5) is 28.0. The molecule has 6 nitrogen and oxygen atoms in total. The average molecular weight is 423 g/mol. The Morgan fingerprint density at radius 1 is 0.968 bits per heavy atom. The summed E-state index contributed by atoms with van der Waals surface area (Å²) >= 11 is 0. The Morgan fingerprint density at radius 2 is 1.55 bits per heavy atom. The Balaban J connectivity index is 1.47. The molecule has 31 heavy (non-hydrogen) atoms. The van der Waals surface area contributed by atoms with E-state index in [9.17, 15) is 9.59 Å². The minimum absolute atomic E-state index is 0.164. The molecule has 0 spiro atoms. The van der Waals surface area contributed by atoms with Crippen LogP contribution in [0.2, 0.25) is 0 Å². The Kier molecular flexibility index (Phi) is 6.56. The highest BCUT2D eigenvalue weighted by Crippen LogP contribution is 2.40. The molecule has 2 aromatic rings. The first-order valence-corrected chi connectivity index (χ1v) is 11.0. The number of fused-ring (bicyclic) bond motifs is 2. The second-order valence-electron chi connectivity index (χ2n) is 8.57. The van der Waals surface area contributed by atoms with Gasteiger partial charge in [-0.05, 0) is 36.8 Å². The number of methoxy groups -OCH3 is 1. The highest BCUT2D eigenvalue weighted by Gasteiger charge is 2.52. The van der Waals surface area contributed by atoms with Gasteiger partial charge in [0.1, 0.15) is 12.1 Å². The van der Waals surface area contributed by atoms with Crippen molar-refractivity contribution >= 4 is 12.1 Å². The Bertz CT molecular complexity index is 873. The van der Waals surface area contributed by atoms with Crippen LogP contribution in [-0.4, -0.2) is 41.7 Å². The van der Waals surface area contributed by atoms with Gasteiger partial charge in [0.2, 0.25) is 0 Å². The third-order valence-electron chi connectivity index (χ3n) is 6.52. The van der Waals surface area contributed by atoms with Gasteiger partial charge in [0.25, 0.3) is 0 Å². The maximum Gasteiger partial charge on any atom is 0.408 e. The smallest absolute Gasteiger partial charge is 0.408 e. The van der Waals surface area contributed by atoms with Crippen LogP contribution in [0.15, 0.2) is 60.7 Å². The van der Waals surface area contributed by atoms with Crippen LogP contribution in [0, 0.1) is 0 Å². The van der Waals surface area contributed by atoms with Crippen LogP contribution in [0.1, 0.15) is 43.2 Å². The summed E-state index contributed by atoms with van der Waals surface area (Å²) in [5.74, 6) is -0.388. The van der Waals surface area contributed by atoms with Gasteiger partial charge in [-0.2, -0.15) is 0 Å². The lowest BCUT2D eigenvalue weighted by Gasteiger charge is -2.52. The first kappa shape index (κ1) is 21.4. The van der Waals surface area contributed by atoms with Gasteiger partial charge in [0.15, 0.2) is 0 Å². The minimum atomic E-state index is -1.05. The topological polar surface area (TPSA) is 67.9 Å². The van der Waals surface area contributed by atoms with Crippen molar-refractivity contribution in [3.63, 3.8) is 0 Å². The second kappa shape index (κ2) is 9.52. The van der Waals surface area contributed by atoms with Crippen molar-refractivity contribution < 1.29 is 19.1 Å². The molecule has 2 bridgehead atoms. The Labute approximate surface area is 183 Å². The van der Waals surface area contributed by atoms with Gasteiger partial charge in [-0.15, -0.1) is 0 Å². The number of amides is 1. The number of nitrogens with one attached hydrogen (secondary N) is 1. The van der Waals surface area contributed by atoms with E-state index in [0.717, 1.165) is 31.4 Å². The number of rotatable bonds is 6. The average Bonchev–Trinajstić information content (AvgIpc) is 2.79. The van der Waals surface area contributed by atoms with E-state index in [1.807, 2.05) is 36.4 Å². The van der Waals surface area contributed by atoms with E-state index in [1.54, 1.807) is 0 Å². The number of hydrogen-bond donors (Lipinski definition) is 1. The number of benzene rings is 2. The van der Waals surface area contributed by atoms with Gasteiger partial charge >= 0.3 is 12.1 Å². The molecule has 2 heterocycles. The summed E-state index contributed by atoms with van der Waals surface area (Å²) < 4.78 is 10.6. The van der Waals surface area contributed by atoms with Crippen LogP contribution in [-0.2, 0) is 27.4 Å². The molecule has 2 saturated heterocycles. The third kappa shape index (κ3) is 4.90. The maximum atomic E-state index is 12.9. The fraction of sp³-hybridized carbons (Fsp3) is 0.440. The van der Waals surface area contributed by atoms with Gasteiger partial charge in [-0.3, -0.25) is 4.90 Å². The van der Waals surface area contributed by atoms with E-state index in [2.05, 4.69) is 34.5 Å². The molecule has 0 aromatic heterocycles. The molecule has 6 heteroatoms. The number of carbonyl (C=O) groups excluding carboxylic acids is 2. The molecule has 4 rings (SSSR count). The van der Waals surface area contributed by atoms with Crippen molar-refractivity contribution in [3.8, 4) is 0 Å². The first-order valence-electron chi connectivity index (χ1n) is 11.0. The summed E-state index contributed by atoms with van der Waals surface area (Å²) in [6.45, 7) is 1.02. The molecule has 0 saturated carbocycles. The number of carbonyl (C=O) groups is 2. The molecule has 164 valence electrons. The van der Waals surface area contributed by atoms with Crippen LogP contribution in [0.4, 0.5) is 4.79 Å². The highest BCUT2D eigenvalue weighted by atomic mass is 16.6. The second-order valence-corrected chi connectivity index (χ2v) is 8.57. The van der Waals surface area contributed by atoms with Gasteiger partial charge in [0, 0.05) is 18.6 Å². The summed E-state index contributed by atoms with van der Waals surface area (Å²) in [6.07, 6.45) is 3.62. The molecule has 2 aromatic carbocycles. The summed E-state index contributed by atoms with van der Waals surface area (Å²) in [7, 11) is 1.38. The summed E-state index contributed by atoms with van der Waals surface area (Å²) in [5.41, 5.74) is 1.12. The SMILES string of the molecule is COC(=O)C1(NC(=O)OCc2ccccc2)CC2CCCC(C1)N2Cc1ccccc1. The molecule has 0 aliphatic carbocycles. The molecule has 2 aliphatic heterocycles.